The molecule has 1 fully saturated rings. The molecule has 198 valence electrons. The van der Waals surface area contributed by atoms with Gasteiger partial charge in [-0.05, 0) is 64.0 Å². The molecule has 1 aliphatic rings. The molecule has 3 atom stereocenters. The Bertz CT molecular complexity index is 1380. The summed E-state index contributed by atoms with van der Waals surface area (Å²) in [4.78, 5) is 13.5. The van der Waals surface area contributed by atoms with Crippen molar-refractivity contribution in [2.75, 3.05) is 6.54 Å². The molecule has 0 aliphatic carbocycles. The molecule has 1 amide bonds. The Kier molecular flexibility index (Phi) is 7.15. The summed E-state index contributed by atoms with van der Waals surface area (Å²) in [7, 11) is 0. The van der Waals surface area contributed by atoms with Crippen molar-refractivity contribution in [2.45, 2.75) is 51.7 Å². The predicted molar refractivity (Wildman–Crippen MR) is 135 cm³/mol. The second kappa shape index (κ2) is 9.63. The van der Waals surface area contributed by atoms with E-state index in [1.54, 1.807) is 27.7 Å². The van der Waals surface area contributed by atoms with Crippen LogP contribution in [0.4, 0.5) is 18.0 Å². The molecule has 2 N–H and O–H groups in total. The van der Waals surface area contributed by atoms with Gasteiger partial charge in [-0.2, -0.15) is 0 Å². The van der Waals surface area contributed by atoms with Gasteiger partial charge in [0.25, 0.3) is 0 Å². The third kappa shape index (κ3) is 4.64. The molecule has 2 aromatic carbocycles. The summed E-state index contributed by atoms with van der Waals surface area (Å²) in [6, 6.07) is 5.16. The van der Waals surface area contributed by atoms with Crippen molar-refractivity contribution in [2.24, 2.45) is 5.41 Å². The highest BCUT2D eigenvalue weighted by atomic mass is 79.9. The van der Waals surface area contributed by atoms with Crippen LogP contribution >= 0.6 is 27.5 Å². The molecule has 4 rings (SSSR count). The summed E-state index contributed by atoms with van der Waals surface area (Å²) in [6.45, 7) is 6.85. The van der Waals surface area contributed by atoms with E-state index < -0.39 is 46.5 Å². The smallest absolute Gasteiger partial charge is 0.407 e. The van der Waals surface area contributed by atoms with Crippen LogP contribution in [-0.4, -0.2) is 38.9 Å². The summed E-state index contributed by atoms with van der Waals surface area (Å²) in [6.07, 6.45) is -1.37. The van der Waals surface area contributed by atoms with Gasteiger partial charge in [-0.25, -0.2) is 18.0 Å². The summed E-state index contributed by atoms with van der Waals surface area (Å²) in [5, 5.41) is 26.3. The molecule has 37 heavy (non-hydrogen) atoms. The van der Waals surface area contributed by atoms with Crippen LogP contribution in [0, 0.1) is 29.8 Å². The van der Waals surface area contributed by atoms with Crippen LogP contribution in [0.5, 0.6) is 0 Å². The van der Waals surface area contributed by atoms with Crippen molar-refractivity contribution in [3.8, 4) is 11.3 Å². The number of aryl methyl sites for hydroxylation is 1. The van der Waals surface area contributed by atoms with E-state index in [0.717, 1.165) is 12.1 Å². The molecule has 1 saturated heterocycles. The Morgan fingerprint density at radius 3 is 2.49 bits per heavy atom. The first-order valence-corrected chi connectivity index (χ1v) is 12.6. The highest BCUT2D eigenvalue weighted by Gasteiger charge is 2.57. The number of likely N-dealkylation sites (tertiary alicyclic amines) is 1. The van der Waals surface area contributed by atoms with Gasteiger partial charge in [0.05, 0.1) is 27.0 Å². The van der Waals surface area contributed by atoms with Crippen LogP contribution < -0.4 is 0 Å². The van der Waals surface area contributed by atoms with Crippen molar-refractivity contribution in [1.29, 1.82) is 0 Å². The Morgan fingerprint density at radius 1 is 1.22 bits per heavy atom. The molecule has 2 heterocycles. The fraction of sp³-hybridized carbons (Fsp3) is 0.385. The maximum atomic E-state index is 15.1. The number of aromatic nitrogens is 1. The molecule has 11 heteroatoms. The van der Waals surface area contributed by atoms with Crippen molar-refractivity contribution in [3.63, 3.8) is 0 Å². The number of hydrogen-bond acceptors (Lipinski definition) is 4. The zero-order valence-corrected chi connectivity index (χ0v) is 22.8. The molecule has 0 saturated carbocycles. The number of halogens is 5. The van der Waals surface area contributed by atoms with E-state index in [2.05, 4.69) is 21.1 Å². The quantitative estimate of drug-likeness (QED) is 0.330. The Morgan fingerprint density at radius 2 is 1.89 bits per heavy atom. The lowest BCUT2D eigenvalue weighted by atomic mass is 9.64. The fourth-order valence-corrected chi connectivity index (χ4v) is 6.00. The normalized spacial score (nSPS) is 22.4. The van der Waals surface area contributed by atoms with E-state index in [9.17, 15) is 23.8 Å². The molecule has 6 nitrogen and oxygen atoms in total. The minimum atomic E-state index is -1.90. The van der Waals surface area contributed by atoms with E-state index in [0.29, 0.717) is 5.56 Å². The second-order valence-corrected chi connectivity index (χ2v) is 11.5. The average molecular weight is 602 g/mol. The fourth-order valence-electron chi connectivity index (χ4n) is 5.17. The van der Waals surface area contributed by atoms with Gasteiger partial charge >= 0.3 is 6.09 Å². The van der Waals surface area contributed by atoms with Crippen LogP contribution in [0.2, 0.25) is 5.02 Å². The van der Waals surface area contributed by atoms with Crippen LogP contribution in [-0.2, 0) is 5.60 Å². The first-order chi connectivity index (χ1) is 17.2. The van der Waals surface area contributed by atoms with Gasteiger partial charge in [0.15, 0.2) is 17.4 Å². The van der Waals surface area contributed by atoms with Crippen molar-refractivity contribution in [3.05, 3.63) is 74.2 Å². The van der Waals surface area contributed by atoms with E-state index in [1.165, 1.54) is 23.1 Å². The van der Waals surface area contributed by atoms with Gasteiger partial charge in [0.2, 0.25) is 0 Å². The monoisotopic (exact) mass is 600 g/mol. The number of amides is 1. The van der Waals surface area contributed by atoms with Gasteiger partial charge in [-0.3, -0.25) is 0 Å². The number of hydrogen-bond donors (Lipinski definition) is 2. The molecule has 1 unspecified atom stereocenters. The highest BCUT2D eigenvalue weighted by molar-refractivity contribution is 9.10. The number of rotatable bonds is 3. The Hall–Kier alpha value is -2.56. The third-order valence-corrected chi connectivity index (χ3v) is 8.00. The number of carboxylic acid groups (broad SMARTS) is 1. The molecule has 0 radical (unpaired) electrons. The maximum absolute atomic E-state index is 15.1. The summed E-state index contributed by atoms with van der Waals surface area (Å²) >= 11 is 9.72. The molecular weight excluding hydrogens is 577 g/mol. The summed E-state index contributed by atoms with van der Waals surface area (Å²) in [5.74, 6) is -4.00. The molecule has 0 bridgehead atoms. The number of benzene rings is 2. The molecule has 1 aliphatic heterocycles. The van der Waals surface area contributed by atoms with Crippen LogP contribution in [0.1, 0.15) is 50.0 Å². The lowest BCUT2D eigenvalue weighted by molar-refractivity contribution is -0.0977. The lowest BCUT2D eigenvalue weighted by Crippen LogP contribution is -2.60. The van der Waals surface area contributed by atoms with Crippen LogP contribution in [0.3, 0.4) is 0 Å². The number of carbonyl (C=O) groups is 1. The molecule has 3 aromatic rings. The SMILES string of the molecule is Cc1ccc(Cl)c(-c2noc([C@H]3C(C(C)(C)C)N(C(=O)O)CC[C@]3(O)c3ccc(F)c(F)c3)c2Br)c1F. The number of nitrogens with zero attached hydrogens (tertiary/aromatic N) is 2. The number of piperidine rings is 1. The Balaban J connectivity index is 2.00. The molecular formula is C26H25BrClF3N2O4. The highest BCUT2D eigenvalue weighted by Crippen LogP contribution is 2.54. The minimum absolute atomic E-state index is 0.0186. The van der Waals surface area contributed by atoms with Gasteiger partial charge in [0, 0.05) is 6.54 Å². The van der Waals surface area contributed by atoms with Crippen molar-refractivity contribution in [1.82, 2.24) is 10.1 Å². The average Bonchev–Trinajstić information content (AvgIpc) is 3.17. The van der Waals surface area contributed by atoms with E-state index in [4.69, 9.17) is 16.1 Å². The van der Waals surface area contributed by atoms with E-state index in [-0.39, 0.29) is 45.0 Å². The topological polar surface area (TPSA) is 86.8 Å². The van der Waals surface area contributed by atoms with Gasteiger partial charge in [-0.1, -0.05) is 49.7 Å². The minimum Gasteiger partial charge on any atom is -0.465 e. The zero-order chi connectivity index (χ0) is 27.4. The van der Waals surface area contributed by atoms with Crippen molar-refractivity contribution >= 4 is 33.6 Å². The second-order valence-electron chi connectivity index (χ2n) is 10.3. The van der Waals surface area contributed by atoms with Gasteiger partial charge < -0.3 is 19.6 Å². The van der Waals surface area contributed by atoms with E-state index >= 15 is 4.39 Å². The standard InChI is InChI=1S/C26H25BrClF3N2O4/c1-12-5-7-14(28)17(20(12)31)21-19(27)22(37-32-21)18-23(25(2,3)4)33(24(34)35)10-9-26(18,36)13-6-8-15(29)16(30)11-13/h5-8,11,18,23,36H,9-10H2,1-4H3,(H,34,35)/t18-,23?,26-/m0/s1. The van der Waals surface area contributed by atoms with E-state index in [1.807, 2.05) is 0 Å². The first kappa shape index (κ1) is 27.5. The maximum Gasteiger partial charge on any atom is 0.407 e. The molecule has 1 aromatic heterocycles. The first-order valence-electron chi connectivity index (χ1n) is 11.5. The Labute approximate surface area is 225 Å². The zero-order valence-electron chi connectivity index (χ0n) is 20.5. The largest absolute Gasteiger partial charge is 0.465 e. The molecule has 0 spiro atoms. The van der Waals surface area contributed by atoms with Crippen LogP contribution in [0.15, 0.2) is 39.3 Å². The summed E-state index contributed by atoms with van der Waals surface area (Å²) in [5.41, 5.74) is -2.31. The lowest BCUT2D eigenvalue weighted by Gasteiger charge is -2.53. The van der Waals surface area contributed by atoms with Crippen LogP contribution in [0.25, 0.3) is 11.3 Å². The predicted octanol–water partition coefficient (Wildman–Crippen LogP) is 7.25. The van der Waals surface area contributed by atoms with Gasteiger partial charge in [-0.15, -0.1) is 0 Å². The van der Waals surface area contributed by atoms with Gasteiger partial charge in [0.1, 0.15) is 17.1 Å². The van der Waals surface area contributed by atoms with Crippen molar-refractivity contribution < 1.29 is 32.7 Å². The third-order valence-electron chi connectivity index (χ3n) is 6.92. The summed E-state index contributed by atoms with van der Waals surface area (Å²) < 4.78 is 49.1. The number of aliphatic hydroxyl groups is 1.